The van der Waals surface area contributed by atoms with E-state index in [9.17, 15) is 4.79 Å². The van der Waals surface area contributed by atoms with Crippen molar-refractivity contribution in [2.45, 2.75) is 13.0 Å². The van der Waals surface area contributed by atoms with Gasteiger partial charge in [-0.25, -0.2) is 4.79 Å². The van der Waals surface area contributed by atoms with Crippen LogP contribution < -0.4 is 14.8 Å². The number of carbonyl (C=O) groups is 1. The average Bonchev–Trinajstić information content (AvgIpc) is 3.14. The zero-order valence-corrected chi connectivity index (χ0v) is 11.2. The molecule has 2 aliphatic heterocycles. The van der Waals surface area contributed by atoms with Gasteiger partial charge in [0.15, 0.2) is 11.5 Å². The molecule has 7 nitrogen and oxygen atoms in total. The summed E-state index contributed by atoms with van der Waals surface area (Å²) in [7, 11) is 0. The van der Waals surface area contributed by atoms with Crippen LogP contribution in [0.3, 0.4) is 0 Å². The van der Waals surface area contributed by atoms with Crippen LogP contribution in [0.15, 0.2) is 28.9 Å². The highest BCUT2D eigenvalue weighted by atomic mass is 16.7. The summed E-state index contributed by atoms with van der Waals surface area (Å²) in [6.45, 7) is 1.34. The van der Waals surface area contributed by atoms with Crippen molar-refractivity contribution in [3.8, 4) is 11.5 Å². The lowest BCUT2D eigenvalue weighted by Gasteiger charge is -2.25. The fourth-order valence-electron chi connectivity index (χ4n) is 2.49. The molecule has 1 aromatic carbocycles. The maximum Gasteiger partial charge on any atom is 0.322 e. The van der Waals surface area contributed by atoms with E-state index in [1.165, 1.54) is 0 Å². The van der Waals surface area contributed by atoms with Crippen molar-refractivity contribution >= 4 is 11.7 Å². The van der Waals surface area contributed by atoms with E-state index in [0.717, 1.165) is 11.3 Å². The van der Waals surface area contributed by atoms with Crippen molar-refractivity contribution in [2.24, 2.45) is 0 Å². The number of benzene rings is 1. The van der Waals surface area contributed by atoms with E-state index in [1.54, 1.807) is 29.3 Å². The number of nitrogens with zero attached hydrogens (tertiary/aromatic N) is 2. The lowest BCUT2D eigenvalue weighted by molar-refractivity contribution is 0.174. The molecule has 0 bridgehead atoms. The Balaban J connectivity index is 1.47. The number of carbonyl (C=O) groups excluding carboxylic acids is 1. The van der Waals surface area contributed by atoms with Crippen molar-refractivity contribution in [2.75, 3.05) is 18.7 Å². The second kappa shape index (κ2) is 4.69. The van der Waals surface area contributed by atoms with Crippen LogP contribution in [0.4, 0.5) is 10.5 Å². The fraction of sp³-hybridized carbons (Fsp3) is 0.286. The minimum Gasteiger partial charge on any atom is -0.454 e. The predicted octanol–water partition coefficient (Wildman–Crippen LogP) is 1.99. The maximum absolute atomic E-state index is 12.3. The predicted molar refractivity (Wildman–Crippen MR) is 72.2 cm³/mol. The van der Waals surface area contributed by atoms with Crippen LogP contribution >= 0.6 is 0 Å². The Hall–Kier alpha value is -2.70. The number of aromatic nitrogens is 1. The van der Waals surface area contributed by atoms with Crippen LogP contribution in [-0.2, 0) is 13.0 Å². The molecule has 108 valence electrons. The number of hydrogen-bond donors (Lipinski definition) is 1. The number of amides is 2. The van der Waals surface area contributed by atoms with E-state index < -0.39 is 0 Å². The molecule has 0 aliphatic carbocycles. The summed E-state index contributed by atoms with van der Waals surface area (Å²) in [5, 5.41) is 6.62. The first kappa shape index (κ1) is 12.1. The number of hydrogen-bond acceptors (Lipinski definition) is 5. The molecule has 1 N–H and O–H groups in total. The number of ether oxygens (including phenoxy) is 2. The normalized spacial score (nSPS) is 15.7. The molecule has 1 aromatic heterocycles. The molecule has 21 heavy (non-hydrogen) atoms. The second-order valence-electron chi connectivity index (χ2n) is 4.94. The van der Waals surface area contributed by atoms with Crippen LogP contribution in [0, 0.1) is 0 Å². The number of fused-ring (bicyclic) bond motifs is 2. The molecular formula is C14H13N3O4. The molecule has 0 atom stereocenters. The van der Waals surface area contributed by atoms with Gasteiger partial charge < -0.3 is 24.2 Å². The Bertz CT molecular complexity index is 697. The van der Waals surface area contributed by atoms with Crippen LogP contribution in [0.2, 0.25) is 0 Å². The summed E-state index contributed by atoms with van der Waals surface area (Å²) in [5.74, 6) is 2.20. The Morgan fingerprint density at radius 3 is 3.14 bits per heavy atom. The first-order valence-electron chi connectivity index (χ1n) is 6.67. The van der Waals surface area contributed by atoms with Gasteiger partial charge in [-0.1, -0.05) is 5.16 Å². The summed E-state index contributed by atoms with van der Waals surface area (Å²) >= 11 is 0. The smallest absolute Gasteiger partial charge is 0.322 e. The zero-order chi connectivity index (χ0) is 14.2. The van der Waals surface area contributed by atoms with Gasteiger partial charge in [-0.05, 0) is 12.1 Å². The molecule has 3 heterocycles. The van der Waals surface area contributed by atoms with Crippen LogP contribution in [0.5, 0.6) is 11.5 Å². The molecule has 0 saturated heterocycles. The topological polar surface area (TPSA) is 76.8 Å². The second-order valence-corrected chi connectivity index (χ2v) is 4.94. The van der Waals surface area contributed by atoms with Gasteiger partial charge in [0.2, 0.25) is 6.79 Å². The highest BCUT2D eigenvalue weighted by Crippen LogP contribution is 2.34. The lowest BCUT2D eigenvalue weighted by Crippen LogP contribution is -2.38. The largest absolute Gasteiger partial charge is 0.454 e. The van der Waals surface area contributed by atoms with E-state index in [1.807, 2.05) is 0 Å². The van der Waals surface area contributed by atoms with E-state index in [2.05, 4.69) is 10.5 Å². The molecule has 2 amide bonds. The average molecular weight is 287 g/mol. The molecule has 0 unspecified atom stereocenters. The molecule has 2 aromatic rings. The van der Waals surface area contributed by atoms with Crippen molar-refractivity contribution in [3.63, 3.8) is 0 Å². The molecule has 0 fully saturated rings. The number of rotatable bonds is 1. The van der Waals surface area contributed by atoms with Crippen molar-refractivity contribution in [1.29, 1.82) is 0 Å². The molecule has 2 aliphatic rings. The van der Waals surface area contributed by atoms with E-state index in [-0.39, 0.29) is 12.8 Å². The molecule has 0 saturated carbocycles. The minimum absolute atomic E-state index is 0.152. The van der Waals surface area contributed by atoms with Gasteiger partial charge in [-0.2, -0.15) is 0 Å². The summed E-state index contributed by atoms with van der Waals surface area (Å²) < 4.78 is 15.7. The van der Waals surface area contributed by atoms with Gasteiger partial charge in [0.05, 0.1) is 12.7 Å². The highest BCUT2D eigenvalue weighted by Gasteiger charge is 2.24. The molecular weight excluding hydrogens is 274 g/mol. The SMILES string of the molecule is O=C(Nc1ccc2c(c1)OCO2)N1CCc2oncc2C1. The standard InChI is InChI=1S/C14H13N3O4/c18-14(17-4-3-11-9(7-17)6-15-21-11)16-10-1-2-12-13(5-10)20-8-19-12/h1-2,5-6H,3-4,7-8H2,(H,16,18). The van der Waals surface area contributed by atoms with Crippen molar-refractivity contribution in [3.05, 3.63) is 35.7 Å². The van der Waals surface area contributed by atoms with Gasteiger partial charge in [-0.3, -0.25) is 0 Å². The quantitative estimate of drug-likeness (QED) is 0.868. The van der Waals surface area contributed by atoms with Crippen LogP contribution in [0.25, 0.3) is 0 Å². The van der Waals surface area contributed by atoms with Gasteiger partial charge in [0, 0.05) is 30.3 Å². The molecule has 7 heteroatoms. The van der Waals surface area contributed by atoms with E-state index in [0.29, 0.717) is 36.7 Å². The highest BCUT2D eigenvalue weighted by molar-refractivity contribution is 5.89. The van der Waals surface area contributed by atoms with Crippen LogP contribution in [0.1, 0.15) is 11.3 Å². The van der Waals surface area contributed by atoms with Crippen molar-refractivity contribution < 1.29 is 18.8 Å². The first-order chi connectivity index (χ1) is 10.3. The number of nitrogens with one attached hydrogen (secondary N) is 1. The summed E-state index contributed by atoms with van der Waals surface area (Å²) in [4.78, 5) is 14.0. The Morgan fingerprint density at radius 1 is 1.29 bits per heavy atom. The fourth-order valence-corrected chi connectivity index (χ4v) is 2.49. The molecule has 0 radical (unpaired) electrons. The number of urea groups is 1. The lowest BCUT2D eigenvalue weighted by atomic mass is 10.1. The third kappa shape index (κ3) is 2.16. The van der Waals surface area contributed by atoms with Crippen LogP contribution in [-0.4, -0.2) is 29.4 Å². The monoisotopic (exact) mass is 287 g/mol. The Labute approximate surface area is 120 Å². The molecule has 4 rings (SSSR count). The van der Waals surface area contributed by atoms with Gasteiger partial charge in [0.25, 0.3) is 0 Å². The Kier molecular flexibility index (Phi) is 2.70. The Morgan fingerprint density at radius 2 is 2.19 bits per heavy atom. The third-order valence-corrected chi connectivity index (χ3v) is 3.61. The summed E-state index contributed by atoms with van der Waals surface area (Å²) in [6, 6.07) is 5.18. The molecule has 0 spiro atoms. The van der Waals surface area contributed by atoms with Gasteiger partial charge in [-0.15, -0.1) is 0 Å². The minimum atomic E-state index is -0.152. The zero-order valence-electron chi connectivity index (χ0n) is 11.2. The van der Waals surface area contributed by atoms with Gasteiger partial charge in [0.1, 0.15) is 5.76 Å². The van der Waals surface area contributed by atoms with E-state index >= 15 is 0 Å². The maximum atomic E-state index is 12.3. The number of anilines is 1. The summed E-state index contributed by atoms with van der Waals surface area (Å²) in [6.07, 6.45) is 2.35. The van der Waals surface area contributed by atoms with E-state index in [4.69, 9.17) is 14.0 Å². The van der Waals surface area contributed by atoms with Crippen molar-refractivity contribution in [1.82, 2.24) is 10.1 Å². The third-order valence-electron chi connectivity index (χ3n) is 3.61. The first-order valence-corrected chi connectivity index (χ1v) is 6.67. The summed E-state index contributed by atoms with van der Waals surface area (Å²) in [5.41, 5.74) is 1.64. The van der Waals surface area contributed by atoms with Gasteiger partial charge >= 0.3 is 6.03 Å².